The highest BCUT2D eigenvalue weighted by Gasteiger charge is 2.23. The highest BCUT2D eigenvalue weighted by atomic mass is 32.1. The summed E-state index contributed by atoms with van der Waals surface area (Å²) >= 11 is 1.65. The SMILES string of the molecule is C.C=C1c2ccc(C)cc2C=CN1C(C)C.C=C1c2ccccc2C(F)=CN1C(C)C.C=C1c2ccccc2C=CN1C(C)C.C=C1c2scnc2C=CN1C(C)C. The molecule has 0 bridgehead atoms. The van der Waals surface area contributed by atoms with Crippen LogP contribution in [0, 0.1) is 6.92 Å². The van der Waals surface area contributed by atoms with E-state index in [4.69, 9.17) is 0 Å². The second-order valence-corrected chi connectivity index (χ2v) is 16.4. The third-order valence-corrected chi connectivity index (χ3v) is 11.0. The van der Waals surface area contributed by atoms with Gasteiger partial charge < -0.3 is 19.6 Å². The van der Waals surface area contributed by atoms with Gasteiger partial charge in [0.15, 0.2) is 0 Å². The van der Waals surface area contributed by atoms with E-state index in [1.165, 1.54) is 38.9 Å². The summed E-state index contributed by atoms with van der Waals surface area (Å²) < 4.78 is 13.7. The molecule has 0 radical (unpaired) electrons. The van der Waals surface area contributed by atoms with E-state index in [-0.39, 0.29) is 19.3 Å². The molecule has 0 atom stereocenters. The van der Waals surface area contributed by atoms with Crippen LogP contribution in [-0.4, -0.2) is 48.8 Å². The second-order valence-electron chi connectivity index (χ2n) is 15.5. The van der Waals surface area contributed by atoms with Crippen LogP contribution >= 0.6 is 11.3 Å². The van der Waals surface area contributed by atoms with Crippen LogP contribution in [-0.2, 0) is 0 Å². The Morgan fingerprint density at radius 2 is 1.02 bits per heavy atom. The molecule has 0 unspecified atom stereocenters. The molecular formula is C51H62FN5S. The molecule has 0 fully saturated rings. The van der Waals surface area contributed by atoms with Crippen molar-refractivity contribution in [3.05, 3.63) is 173 Å². The Kier molecular flexibility index (Phi) is 15.3. The van der Waals surface area contributed by atoms with Gasteiger partial charge in [0.25, 0.3) is 0 Å². The number of halogens is 1. The zero-order valence-corrected chi connectivity index (χ0v) is 35.9. The van der Waals surface area contributed by atoms with E-state index in [2.05, 4.69) is 168 Å². The van der Waals surface area contributed by atoms with Crippen molar-refractivity contribution in [2.24, 2.45) is 0 Å². The Hall–Kier alpha value is -5.66. The van der Waals surface area contributed by atoms with Crippen LogP contribution in [0.5, 0.6) is 0 Å². The lowest BCUT2D eigenvalue weighted by molar-refractivity contribution is 0.430. The molecule has 0 amide bonds. The molecule has 4 aliphatic rings. The Labute approximate surface area is 352 Å². The first kappa shape index (κ1) is 45.0. The molecule has 0 N–H and O–H groups in total. The van der Waals surface area contributed by atoms with Gasteiger partial charge in [-0.05, 0) is 91.7 Å². The molecule has 7 heteroatoms. The van der Waals surface area contributed by atoms with Crippen molar-refractivity contribution in [2.75, 3.05) is 0 Å². The van der Waals surface area contributed by atoms with Crippen LogP contribution in [0.4, 0.5) is 4.39 Å². The minimum Gasteiger partial charge on any atom is -0.345 e. The molecule has 58 heavy (non-hydrogen) atoms. The van der Waals surface area contributed by atoms with Crippen molar-refractivity contribution in [3.63, 3.8) is 0 Å². The molecule has 1 aromatic heterocycles. The Morgan fingerprint density at radius 1 is 0.552 bits per heavy atom. The van der Waals surface area contributed by atoms with Gasteiger partial charge in [-0.1, -0.05) is 106 Å². The van der Waals surface area contributed by atoms with Crippen molar-refractivity contribution in [1.29, 1.82) is 0 Å². The molecule has 0 saturated carbocycles. The first-order chi connectivity index (χ1) is 27.1. The van der Waals surface area contributed by atoms with Crippen LogP contribution in [0.1, 0.15) is 112 Å². The van der Waals surface area contributed by atoms with Gasteiger partial charge in [0.05, 0.1) is 21.8 Å². The maximum atomic E-state index is 13.7. The van der Waals surface area contributed by atoms with Gasteiger partial charge in [-0.25, -0.2) is 9.37 Å². The van der Waals surface area contributed by atoms with Crippen molar-refractivity contribution in [1.82, 2.24) is 24.6 Å². The molecule has 0 saturated heterocycles. The van der Waals surface area contributed by atoms with Crippen LogP contribution in [0.15, 0.2) is 123 Å². The molecule has 8 rings (SSSR count). The van der Waals surface area contributed by atoms with Gasteiger partial charge >= 0.3 is 0 Å². The van der Waals surface area contributed by atoms with Crippen molar-refractivity contribution < 1.29 is 4.39 Å². The standard InChI is InChI=1S/C14H17N.C13H14FN.C13H15N.C10H12N2S.CH4/c1-10(2)15-8-7-13-9-11(3)5-6-14(13)12(15)4;1-9(2)15-8-13(14)12-7-5-4-6-11(12)10(15)3;1-10(2)14-9-8-12-6-4-5-7-13(12)11(14)3;1-7(2)12-5-4-9-10(8(12)3)13-6-11-9;/h5-10H,4H2,1-3H3;4-9H,3H2,1-2H3;4-10H,3H2,1-2H3;4-7H,3H2,1-2H3;1H4. The summed E-state index contributed by atoms with van der Waals surface area (Å²) in [6.45, 7) is 35.5. The van der Waals surface area contributed by atoms with E-state index in [9.17, 15) is 4.39 Å². The second kappa shape index (κ2) is 19.7. The van der Waals surface area contributed by atoms with E-state index in [1.807, 2.05) is 48.5 Å². The van der Waals surface area contributed by atoms with Crippen LogP contribution in [0.2, 0.25) is 0 Å². The van der Waals surface area contributed by atoms with Gasteiger partial charge in [-0.15, -0.1) is 11.3 Å². The number of aromatic nitrogens is 1. The summed E-state index contributed by atoms with van der Waals surface area (Å²) in [6.07, 6.45) is 14.1. The predicted molar refractivity (Wildman–Crippen MR) is 253 cm³/mol. The quantitative estimate of drug-likeness (QED) is 0.205. The maximum Gasteiger partial charge on any atom is 0.147 e. The van der Waals surface area contributed by atoms with Crippen LogP contribution in [0.3, 0.4) is 0 Å². The van der Waals surface area contributed by atoms with Gasteiger partial charge in [0.1, 0.15) is 5.83 Å². The number of hydrogen-bond acceptors (Lipinski definition) is 6. The summed E-state index contributed by atoms with van der Waals surface area (Å²) in [5.74, 6) is -0.188. The number of hydrogen-bond donors (Lipinski definition) is 0. The molecule has 4 aromatic rings. The summed E-state index contributed by atoms with van der Waals surface area (Å²) in [4.78, 5) is 13.9. The lowest BCUT2D eigenvalue weighted by Gasteiger charge is -2.31. The molecular weight excluding hydrogens is 734 g/mol. The van der Waals surface area contributed by atoms with Gasteiger partial charge in [-0.2, -0.15) is 0 Å². The largest absolute Gasteiger partial charge is 0.345 e. The molecule has 4 aliphatic heterocycles. The summed E-state index contributed by atoms with van der Waals surface area (Å²) in [5, 5.41) is 0. The first-order valence-corrected chi connectivity index (χ1v) is 20.5. The van der Waals surface area contributed by atoms with Gasteiger partial charge in [-0.3, -0.25) is 0 Å². The number of fused-ring (bicyclic) bond motifs is 4. The molecule has 3 aromatic carbocycles. The molecule has 0 spiro atoms. The van der Waals surface area contributed by atoms with Gasteiger partial charge in [0.2, 0.25) is 0 Å². The monoisotopic (exact) mass is 795 g/mol. The lowest BCUT2D eigenvalue weighted by Crippen LogP contribution is -2.26. The smallest absolute Gasteiger partial charge is 0.147 e. The molecule has 304 valence electrons. The Morgan fingerprint density at radius 3 is 1.60 bits per heavy atom. The van der Waals surface area contributed by atoms with E-state index >= 15 is 0 Å². The van der Waals surface area contributed by atoms with Crippen LogP contribution < -0.4 is 0 Å². The average molecular weight is 796 g/mol. The summed E-state index contributed by atoms with van der Waals surface area (Å²) in [7, 11) is 0. The fourth-order valence-electron chi connectivity index (χ4n) is 6.98. The Balaban J connectivity index is 0.000000170. The van der Waals surface area contributed by atoms with E-state index in [1.54, 1.807) is 17.4 Å². The van der Waals surface area contributed by atoms with Crippen molar-refractivity contribution >= 4 is 58.2 Å². The first-order valence-electron chi connectivity index (χ1n) is 19.7. The normalized spacial score (nSPS) is 14.8. The summed E-state index contributed by atoms with van der Waals surface area (Å²) in [6, 6.07) is 23.9. The van der Waals surface area contributed by atoms with E-state index in [0.717, 1.165) is 34.0 Å². The highest BCUT2D eigenvalue weighted by Crippen LogP contribution is 2.35. The number of nitrogens with zero attached hydrogens (tertiary/aromatic N) is 5. The van der Waals surface area contributed by atoms with Crippen molar-refractivity contribution in [2.45, 2.75) is 93.9 Å². The predicted octanol–water partition coefficient (Wildman–Crippen LogP) is 14.1. The third kappa shape index (κ3) is 10.1. The zero-order chi connectivity index (χ0) is 41.6. The molecule has 0 aliphatic carbocycles. The van der Waals surface area contributed by atoms with E-state index in [0.29, 0.717) is 23.7 Å². The zero-order valence-electron chi connectivity index (χ0n) is 35.1. The Bertz CT molecular complexity index is 2250. The molecule has 5 heterocycles. The fourth-order valence-corrected chi connectivity index (χ4v) is 7.73. The van der Waals surface area contributed by atoms with Crippen LogP contribution in [0.25, 0.3) is 46.8 Å². The van der Waals surface area contributed by atoms with Gasteiger partial charge in [0, 0.05) is 88.3 Å². The average Bonchev–Trinajstić information content (AvgIpc) is 3.67. The minimum atomic E-state index is -0.188. The number of aryl methyl sites for hydroxylation is 1. The summed E-state index contributed by atoms with van der Waals surface area (Å²) in [5.41, 5.74) is 14.9. The lowest BCUT2D eigenvalue weighted by atomic mass is 9.98. The minimum absolute atomic E-state index is 0. The number of thiazole rings is 1. The van der Waals surface area contributed by atoms with Crippen molar-refractivity contribution in [3.8, 4) is 0 Å². The third-order valence-electron chi connectivity index (χ3n) is 10.1. The fraction of sp³-hybridized carbons (Fsp3) is 0.275. The highest BCUT2D eigenvalue weighted by molar-refractivity contribution is 7.11. The number of benzene rings is 3. The van der Waals surface area contributed by atoms with E-state index < -0.39 is 0 Å². The number of rotatable bonds is 4. The maximum absolute atomic E-state index is 13.7. The molecule has 5 nitrogen and oxygen atoms in total. The topological polar surface area (TPSA) is 25.9 Å².